The summed E-state index contributed by atoms with van der Waals surface area (Å²) >= 11 is 1.63. The lowest BCUT2D eigenvalue weighted by Crippen LogP contribution is -2.47. The summed E-state index contributed by atoms with van der Waals surface area (Å²) in [5.41, 5.74) is 0.0281. The predicted molar refractivity (Wildman–Crippen MR) is 84.2 cm³/mol. The van der Waals surface area contributed by atoms with Crippen LogP contribution in [0, 0.1) is 0 Å². The van der Waals surface area contributed by atoms with E-state index in [9.17, 15) is 9.90 Å². The summed E-state index contributed by atoms with van der Waals surface area (Å²) in [6.45, 7) is 1.47. The molecule has 1 aliphatic heterocycles. The molecule has 1 atom stereocenters. The monoisotopic (exact) mass is 294 g/mol. The Kier molecular flexibility index (Phi) is 5.31. The minimum Gasteiger partial charge on any atom is -0.379 e. The number of para-hydroxylation sites is 1. The zero-order chi connectivity index (χ0) is 14.4. The minimum absolute atomic E-state index is 0.218. The highest BCUT2D eigenvalue weighted by Gasteiger charge is 2.39. The van der Waals surface area contributed by atoms with Gasteiger partial charge >= 0.3 is 0 Å². The molecule has 1 heterocycles. The zero-order valence-electron chi connectivity index (χ0n) is 11.8. The molecule has 1 amide bonds. The molecule has 0 bridgehead atoms. The zero-order valence-corrected chi connectivity index (χ0v) is 12.7. The highest BCUT2D eigenvalue weighted by atomic mass is 32.2. The Morgan fingerprint density at radius 3 is 2.85 bits per heavy atom. The normalized spacial score (nSPS) is 21.7. The molecular formula is C15H22N2O2S. The van der Waals surface area contributed by atoms with Gasteiger partial charge in [-0.2, -0.15) is 11.8 Å². The number of aliphatic hydroxyl groups is 1. The van der Waals surface area contributed by atoms with E-state index in [2.05, 4.69) is 22.3 Å². The molecule has 1 aromatic carbocycles. The van der Waals surface area contributed by atoms with Gasteiger partial charge in [0.25, 0.3) is 5.91 Å². The van der Waals surface area contributed by atoms with Crippen LogP contribution in [0.3, 0.4) is 0 Å². The van der Waals surface area contributed by atoms with Crippen LogP contribution >= 0.6 is 11.8 Å². The molecule has 4 nitrogen and oxygen atoms in total. The van der Waals surface area contributed by atoms with Gasteiger partial charge in [0.1, 0.15) is 0 Å². The molecule has 1 unspecified atom stereocenters. The summed E-state index contributed by atoms with van der Waals surface area (Å²) in [6, 6.07) is 10.2. The molecule has 1 saturated heterocycles. The van der Waals surface area contributed by atoms with Gasteiger partial charge in [-0.3, -0.25) is 4.79 Å². The summed E-state index contributed by atoms with van der Waals surface area (Å²) in [6.07, 6.45) is 1.42. The van der Waals surface area contributed by atoms with E-state index in [1.54, 1.807) is 11.8 Å². The molecule has 110 valence electrons. The van der Waals surface area contributed by atoms with Crippen LogP contribution < -0.4 is 10.2 Å². The summed E-state index contributed by atoms with van der Waals surface area (Å²) in [4.78, 5) is 14.1. The Labute approximate surface area is 124 Å². The minimum atomic E-state index is -1.14. The Morgan fingerprint density at radius 2 is 2.20 bits per heavy atom. The lowest BCUT2D eigenvalue weighted by molar-refractivity contribution is -0.137. The first-order valence-corrected chi connectivity index (χ1v) is 8.12. The van der Waals surface area contributed by atoms with E-state index in [0.717, 1.165) is 18.7 Å². The number of carbonyl (C=O) groups excluding carboxylic acids is 1. The van der Waals surface area contributed by atoms with E-state index in [4.69, 9.17) is 0 Å². The third-order valence-electron chi connectivity index (χ3n) is 3.58. The number of carbonyl (C=O) groups is 1. The topological polar surface area (TPSA) is 52.6 Å². The van der Waals surface area contributed by atoms with Crippen LogP contribution in [0.2, 0.25) is 0 Å². The fourth-order valence-electron chi connectivity index (χ4n) is 2.23. The molecule has 1 fully saturated rings. The number of benzene rings is 1. The van der Waals surface area contributed by atoms with E-state index in [-0.39, 0.29) is 5.91 Å². The van der Waals surface area contributed by atoms with Crippen molar-refractivity contribution in [2.75, 3.05) is 36.5 Å². The summed E-state index contributed by atoms with van der Waals surface area (Å²) in [7, 11) is 2.04. The van der Waals surface area contributed by atoms with Crippen molar-refractivity contribution in [2.24, 2.45) is 0 Å². The maximum absolute atomic E-state index is 11.9. The molecule has 20 heavy (non-hydrogen) atoms. The molecule has 1 aromatic rings. The van der Waals surface area contributed by atoms with Crippen LogP contribution in [-0.4, -0.2) is 48.3 Å². The molecule has 0 saturated carbocycles. The maximum Gasteiger partial charge on any atom is 0.252 e. The molecule has 0 radical (unpaired) electrons. The number of nitrogens with one attached hydrogen (secondary N) is 1. The van der Waals surface area contributed by atoms with Gasteiger partial charge in [0.2, 0.25) is 0 Å². The average molecular weight is 294 g/mol. The van der Waals surface area contributed by atoms with E-state index in [0.29, 0.717) is 18.7 Å². The van der Waals surface area contributed by atoms with Gasteiger partial charge in [0.05, 0.1) is 0 Å². The first-order chi connectivity index (χ1) is 9.62. The second kappa shape index (κ2) is 6.99. The second-order valence-electron chi connectivity index (χ2n) is 5.20. The van der Waals surface area contributed by atoms with Crippen LogP contribution in [-0.2, 0) is 4.79 Å². The first-order valence-electron chi connectivity index (χ1n) is 6.96. The molecule has 0 aliphatic carbocycles. The highest BCUT2D eigenvalue weighted by molar-refractivity contribution is 7.99. The molecule has 2 rings (SSSR count). The van der Waals surface area contributed by atoms with Gasteiger partial charge in [0.15, 0.2) is 5.60 Å². The fraction of sp³-hybridized carbons (Fsp3) is 0.533. The standard InChI is InChI=1S/C15H22N2O2S/c1-17(13-6-3-2-4-7-13)10-5-9-16-14(18)15(19)8-11-20-12-15/h2-4,6-7,19H,5,8-12H2,1H3,(H,16,18). The third kappa shape index (κ3) is 3.90. The number of amides is 1. The predicted octanol–water partition coefficient (Wildman–Crippen LogP) is 1.50. The SMILES string of the molecule is CN(CCCNC(=O)C1(O)CCSC1)c1ccccc1. The number of rotatable bonds is 6. The first kappa shape index (κ1) is 15.2. The van der Waals surface area contributed by atoms with E-state index in [1.165, 1.54) is 5.69 Å². The van der Waals surface area contributed by atoms with E-state index >= 15 is 0 Å². The van der Waals surface area contributed by atoms with E-state index < -0.39 is 5.60 Å². The van der Waals surface area contributed by atoms with Crippen LogP contribution in [0.4, 0.5) is 5.69 Å². The summed E-state index contributed by atoms with van der Waals surface area (Å²) in [5, 5.41) is 12.9. The smallest absolute Gasteiger partial charge is 0.252 e. The highest BCUT2D eigenvalue weighted by Crippen LogP contribution is 2.27. The van der Waals surface area contributed by atoms with Gasteiger partial charge < -0.3 is 15.3 Å². The Morgan fingerprint density at radius 1 is 1.45 bits per heavy atom. The van der Waals surface area contributed by atoms with Gasteiger partial charge in [-0.05, 0) is 30.7 Å². The van der Waals surface area contributed by atoms with Gasteiger partial charge in [-0.15, -0.1) is 0 Å². The van der Waals surface area contributed by atoms with Crippen molar-refractivity contribution >= 4 is 23.4 Å². The molecule has 5 heteroatoms. The third-order valence-corrected chi connectivity index (χ3v) is 4.75. The number of thioether (sulfide) groups is 1. The van der Waals surface area contributed by atoms with Crippen LogP contribution in [0.1, 0.15) is 12.8 Å². The van der Waals surface area contributed by atoms with Crippen molar-refractivity contribution in [1.29, 1.82) is 0 Å². The Hall–Kier alpha value is -1.20. The summed E-state index contributed by atoms with van der Waals surface area (Å²) in [5.74, 6) is 1.16. The van der Waals surface area contributed by atoms with Crippen molar-refractivity contribution < 1.29 is 9.90 Å². The lowest BCUT2D eigenvalue weighted by atomic mass is 10.0. The Balaban J connectivity index is 1.68. The fourth-order valence-corrected chi connectivity index (χ4v) is 3.47. The molecule has 0 aromatic heterocycles. The van der Waals surface area contributed by atoms with Crippen molar-refractivity contribution in [3.63, 3.8) is 0 Å². The van der Waals surface area contributed by atoms with Crippen LogP contribution in [0.5, 0.6) is 0 Å². The second-order valence-corrected chi connectivity index (χ2v) is 6.31. The molecule has 0 spiro atoms. The number of hydrogen-bond acceptors (Lipinski definition) is 4. The van der Waals surface area contributed by atoms with Crippen molar-refractivity contribution in [2.45, 2.75) is 18.4 Å². The molecule has 2 N–H and O–H groups in total. The Bertz CT molecular complexity index is 433. The van der Waals surface area contributed by atoms with Crippen LogP contribution in [0.15, 0.2) is 30.3 Å². The van der Waals surface area contributed by atoms with E-state index in [1.807, 2.05) is 25.2 Å². The van der Waals surface area contributed by atoms with Gasteiger partial charge in [-0.1, -0.05) is 18.2 Å². The molecule has 1 aliphatic rings. The van der Waals surface area contributed by atoms with Gasteiger partial charge in [0, 0.05) is 31.6 Å². The molecular weight excluding hydrogens is 272 g/mol. The maximum atomic E-state index is 11.9. The largest absolute Gasteiger partial charge is 0.379 e. The van der Waals surface area contributed by atoms with Crippen LogP contribution in [0.25, 0.3) is 0 Å². The summed E-state index contributed by atoms with van der Waals surface area (Å²) < 4.78 is 0. The van der Waals surface area contributed by atoms with Gasteiger partial charge in [-0.25, -0.2) is 0 Å². The number of anilines is 1. The number of nitrogens with zero attached hydrogens (tertiary/aromatic N) is 1. The van der Waals surface area contributed by atoms with Crippen molar-refractivity contribution in [3.05, 3.63) is 30.3 Å². The van der Waals surface area contributed by atoms with Crippen molar-refractivity contribution in [3.8, 4) is 0 Å². The average Bonchev–Trinajstić information content (AvgIpc) is 2.92. The van der Waals surface area contributed by atoms with Crippen molar-refractivity contribution in [1.82, 2.24) is 5.32 Å². The quantitative estimate of drug-likeness (QED) is 0.781. The number of hydrogen-bond donors (Lipinski definition) is 2. The lowest BCUT2D eigenvalue weighted by Gasteiger charge is -2.22.